The summed E-state index contributed by atoms with van der Waals surface area (Å²) in [6.45, 7) is 1.84. The normalized spacial score (nSPS) is 18.2. The van der Waals surface area contributed by atoms with Crippen molar-refractivity contribution in [3.05, 3.63) is 11.8 Å². The van der Waals surface area contributed by atoms with Gasteiger partial charge in [-0.15, -0.1) is 0 Å². The summed E-state index contributed by atoms with van der Waals surface area (Å²) in [5.41, 5.74) is 6.99. The number of hydrogen-bond acceptors (Lipinski definition) is 4. The molecule has 0 aromatic carbocycles. The fourth-order valence-electron chi connectivity index (χ4n) is 0.982. The highest BCUT2D eigenvalue weighted by Crippen LogP contribution is 2.14. The molecule has 0 unspecified atom stereocenters. The Labute approximate surface area is 71.1 Å². The number of hydrogen-bond donors (Lipinski definition) is 1. The quantitative estimate of drug-likeness (QED) is 0.600. The van der Waals surface area contributed by atoms with E-state index in [-0.39, 0.29) is 12.0 Å². The van der Waals surface area contributed by atoms with Gasteiger partial charge in [0.15, 0.2) is 0 Å². The number of carbonyl (C=O) groups is 1. The minimum Gasteiger partial charge on any atom is -0.466 e. The topological polar surface area (TPSA) is 64.7 Å². The molecule has 0 bridgehead atoms. The lowest BCUT2D eigenvalue weighted by atomic mass is 10.1. The van der Waals surface area contributed by atoms with Gasteiger partial charge in [-0.2, -0.15) is 0 Å². The van der Waals surface area contributed by atoms with E-state index >= 15 is 0 Å². The van der Waals surface area contributed by atoms with Gasteiger partial charge in [-0.3, -0.25) is 4.99 Å². The zero-order valence-corrected chi connectivity index (χ0v) is 7.20. The Bertz CT molecular complexity index is 254. The summed E-state index contributed by atoms with van der Waals surface area (Å²) in [5, 5.41) is 0. The second-order valence-corrected chi connectivity index (χ2v) is 2.73. The lowest BCUT2D eigenvalue weighted by Gasteiger charge is -2.04. The van der Waals surface area contributed by atoms with Crippen molar-refractivity contribution in [2.45, 2.75) is 19.4 Å². The summed E-state index contributed by atoms with van der Waals surface area (Å²) in [6, 6.07) is -0.0941. The zero-order chi connectivity index (χ0) is 9.14. The average molecular weight is 168 g/mol. The molecule has 2 N–H and O–H groups in total. The maximum absolute atomic E-state index is 11.0. The van der Waals surface area contributed by atoms with Crippen molar-refractivity contribution in [1.82, 2.24) is 0 Å². The Hall–Kier alpha value is -1.16. The van der Waals surface area contributed by atoms with Gasteiger partial charge in [0.25, 0.3) is 0 Å². The van der Waals surface area contributed by atoms with Crippen molar-refractivity contribution in [3.63, 3.8) is 0 Å². The lowest BCUT2D eigenvalue weighted by molar-refractivity contribution is -0.136. The number of rotatable bonds is 2. The van der Waals surface area contributed by atoms with Crippen molar-refractivity contribution >= 4 is 11.7 Å². The summed E-state index contributed by atoms with van der Waals surface area (Å²) in [7, 11) is 1.35. The van der Waals surface area contributed by atoms with Crippen LogP contribution < -0.4 is 5.73 Å². The van der Waals surface area contributed by atoms with Crippen LogP contribution in [0.15, 0.2) is 16.8 Å². The van der Waals surface area contributed by atoms with E-state index in [1.165, 1.54) is 13.3 Å². The number of nitrogens with zero attached hydrogens (tertiary/aromatic N) is 1. The Morgan fingerprint density at radius 2 is 2.50 bits per heavy atom. The first-order valence-corrected chi connectivity index (χ1v) is 3.74. The summed E-state index contributed by atoms with van der Waals surface area (Å²) in [6.07, 6.45) is 2.04. The molecule has 1 rings (SSSR count). The van der Waals surface area contributed by atoms with Crippen LogP contribution in [0.1, 0.15) is 13.3 Å². The Morgan fingerprint density at radius 3 is 2.92 bits per heavy atom. The van der Waals surface area contributed by atoms with Crippen LogP contribution in [0.2, 0.25) is 0 Å². The molecule has 0 aliphatic carbocycles. The molecule has 1 heterocycles. The van der Waals surface area contributed by atoms with Gasteiger partial charge in [0.2, 0.25) is 0 Å². The third kappa shape index (κ3) is 1.71. The van der Waals surface area contributed by atoms with Crippen LogP contribution in [0, 0.1) is 0 Å². The maximum Gasteiger partial charge on any atom is 0.335 e. The number of methoxy groups -OCH3 is 1. The molecule has 0 aromatic rings. The lowest BCUT2D eigenvalue weighted by Crippen LogP contribution is -2.26. The maximum atomic E-state index is 11.0. The molecule has 0 saturated heterocycles. The van der Waals surface area contributed by atoms with Gasteiger partial charge in [0.05, 0.1) is 12.7 Å². The van der Waals surface area contributed by atoms with Gasteiger partial charge in [-0.1, -0.05) is 0 Å². The minimum absolute atomic E-state index is 0.0941. The SMILES string of the molecule is COC(=O)C1=CN=C([C@H](C)N)C1. The van der Waals surface area contributed by atoms with Crippen LogP contribution in [0.5, 0.6) is 0 Å². The van der Waals surface area contributed by atoms with E-state index in [1.807, 2.05) is 6.92 Å². The molecule has 4 nitrogen and oxygen atoms in total. The molecule has 0 saturated carbocycles. The summed E-state index contributed by atoms with van der Waals surface area (Å²) in [5.74, 6) is -0.325. The van der Waals surface area contributed by atoms with Crippen molar-refractivity contribution in [1.29, 1.82) is 0 Å². The molecule has 0 spiro atoms. The summed E-state index contributed by atoms with van der Waals surface area (Å²) >= 11 is 0. The Morgan fingerprint density at radius 1 is 1.83 bits per heavy atom. The molecule has 0 radical (unpaired) electrons. The molecule has 12 heavy (non-hydrogen) atoms. The van der Waals surface area contributed by atoms with Crippen molar-refractivity contribution in [2.24, 2.45) is 10.7 Å². The standard InChI is InChI=1S/C8H12N2O2/c1-5(9)7-3-6(4-10-7)8(11)12-2/h4-5H,3,9H2,1-2H3/t5-/m0/s1. The molecule has 66 valence electrons. The van der Waals surface area contributed by atoms with Crippen LogP contribution in [-0.4, -0.2) is 24.8 Å². The third-order valence-electron chi connectivity index (χ3n) is 1.73. The van der Waals surface area contributed by atoms with Crippen LogP contribution in [0.3, 0.4) is 0 Å². The van der Waals surface area contributed by atoms with Crippen LogP contribution in [-0.2, 0) is 9.53 Å². The zero-order valence-electron chi connectivity index (χ0n) is 7.20. The van der Waals surface area contributed by atoms with Crippen molar-refractivity contribution < 1.29 is 9.53 Å². The number of esters is 1. The second kappa shape index (κ2) is 3.49. The highest BCUT2D eigenvalue weighted by molar-refractivity contribution is 6.02. The van der Waals surface area contributed by atoms with E-state index in [2.05, 4.69) is 9.73 Å². The number of nitrogens with two attached hydrogens (primary N) is 1. The molecule has 0 aromatic heterocycles. The van der Waals surface area contributed by atoms with Gasteiger partial charge in [0.1, 0.15) is 0 Å². The fraction of sp³-hybridized carbons (Fsp3) is 0.500. The largest absolute Gasteiger partial charge is 0.466 e. The van der Waals surface area contributed by atoms with Crippen molar-refractivity contribution in [2.75, 3.05) is 7.11 Å². The predicted molar refractivity (Wildman–Crippen MR) is 45.8 cm³/mol. The smallest absolute Gasteiger partial charge is 0.335 e. The summed E-state index contributed by atoms with van der Waals surface area (Å²) in [4.78, 5) is 15.0. The fourth-order valence-corrected chi connectivity index (χ4v) is 0.982. The molecule has 1 aliphatic heterocycles. The monoisotopic (exact) mass is 168 g/mol. The third-order valence-corrected chi connectivity index (χ3v) is 1.73. The van der Waals surface area contributed by atoms with Gasteiger partial charge >= 0.3 is 5.97 Å². The Balaban J connectivity index is 2.56. The van der Waals surface area contributed by atoms with E-state index in [4.69, 9.17) is 5.73 Å². The molecule has 0 amide bonds. The van der Waals surface area contributed by atoms with Gasteiger partial charge < -0.3 is 10.5 Å². The molecule has 1 atom stereocenters. The van der Waals surface area contributed by atoms with E-state index in [0.717, 1.165) is 5.71 Å². The van der Waals surface area contributed by atoms with Gasteiger partial charge in [0, 0.05) is 24.4 Å². The average Bonchev–Trinajstić information content (AvgIpc) is 2.51. The predicted octanol–water partition coefficient (Wildman–Crippen LogP) is 0.235. The van der Waals surface area contributed by atoms with Crippen LogP contribution >= 0.6 is 0 Å². The number of ether oxygens (including phenoxy) is 1. The Kier molecular flexibility index (Phi) is 2.60. The highest BCUT2D eigenvalue weighted by Gasteiger charge is 2.19. The van der Waals surface area contributed by atoms with Crippen LogP contribution in [0.25, 0.3) is 0 Å². The highest BCUT2D eigenvalue weighted by atomic mass is 16.5. The van der Waals surface area contributed by atoms with Crippen molar-refractivity contribution in [3.8, 4) is 0 Å². The second-order valence-electron chi connectivity index (χ2n) is 2.73. The first kappa shape index (κ1) is 8.93. The first-order valence-electron chi connectivity index (χ1n) is 3.74. The number of carbonyl (C=O) groups excluding carboxylic acids is 1. The summed E-state index contributed by atoms with van der Waals surface area (Å²) < 4.78 is 4.54. The minimum atomic E-state index is -0.325. The molecule has 0 fully saturated rings. The number of aliphatic imine (C=N–C) groups is 1. The van der Waals surface area contributed by atoms with Gasteiger partial charge in [-0.05, 0) is 6.92 Å². The molecule has 1 aliphatic rings. The molecular formula is C8H12N2O2. The van der Waals surface area contributed by atoms with Gasteiger partial charge in [-0.25, -0.2) is 4.79 Å². The van der Waals surface area contributed by atoms with Crippen LogP contribution in [0.4, 0.5) is 0 Å². The van der Waals surface area contributed by atoms with E-state index in [9.17, 15) is 4.79 Å². The van der Waals surface area contributed by atoms with E-state index in [0.29, 0.717) is 12.0 Å². The van der Waals surface area contributed by atoms with E-state index < -0.39 is 0 Å². The first-order chi connectivity index (χ1) is 5.65. The molecular weight excluding hydrogens is 156 g/mol. The molecule has 4 heteroatoms. The van der Waals surface area contributed by atoms with E-state index in [1.54, 1.807) is 0 Å².